The average Bonchev–Trinajstić information content (AvgIpc) is 3.10. The summed E-state index contributed by atoms with van der Waals surface area (Å²) in [5.41, 5.74) is -0.0498. The monoisotopic (exact) mass is 406 g/mol. The summed E-state index contributed by atoms with van der Waals surface area (Å²) in [5.74, 6) is -0.485. The van der Waals surface area contributed by atoms with Crippen molar-refractivity contribution in [1.82, 2.24) is 14.5 Å². The molecule has 1 aromatic carbocycles. The number of carbonyl (C=O) groups is 1. The van der Waals surface area contributed by atoms with Gasteiger partial charge in [0.05, 0.1) is 0 Å². The Bertz CT molecular complexity index is 1070. The molecule has 2 aromatic rings. The molecule has 0 saturated carbocycles. The SMILES string of the molecule is N#Cc1c2n(c(=O)n(CC(=O)NCCc3ccc(Cl)cc3Cl)c1=O)CCC2. The summed E-state index contributed by atoms with van der Waals surface area (Å²) in [6.07, 6.45) is 1.69. The molecule has 0 unspecified atom stereocenters. The quantitative estimate of drug-likeness (QED) is 0.812. The van der Waals surface area contributed by atoms with Crippen LogP contribution in [0.15, 0.2) is 27.8 Å². The molecule has 1 aromatic heterocycles. The van der Waals surface area contributed by atoms with E-state index < -0.39 is 23.7 Å². The van der Waals surface area contributed by atoms with Gasteiger partial charge in [0.2, 0.25) is 5.91 Å². The van der Waals surface area contributed by atoms with Crippen LogP contribution in [-0.2, 0) is 30.7 Å². The Morgan fingerprint density at radius 2 is 2.07 bits per heavy atom. The molecule has 140 valence electrons. The number of carbonyl (C=O) groups excluding carboxylic acids is 1. The van der Waals surface area contributed by atoms with Crippen molar-refractivity contribution in [3.8, 4) is 6.07 Å². The fraction of sp³-hybridized carbons (Fsp3) is 0.333. The highest BCUT2D eigenvalue weighted by Gasteiger charge is 2.23. The third-order valence-electron chi connectivity index (χ3n) is 4.48. The minimum absolute atomic E-state index is 0.0622. The Hall–Kier alpha value is -2.56. The highest BCUT2D eigenvalue weighted by Crippen LogP contribution is 2.21. The van der Waals surface area contributed by atoms with Crippen LogP contribution < -0.4 is 16.6 Å². The van der Waals surface area contributed by atoms with Crippen LogP contribution in [0.3, 0.4) is 0 Å². The third kappa shape index (κ3) is 3.92. The van der Waals surface area contributed by atoms with Crippen LogP contribution in [0, 0.1) is 11.3 Å². The Morgan fingerprint density at radius 1 is 1.30 bits per heavy atom. The van der Waals surface area contributed by atoms with Crippen LogP contribution in [0.4, 0.5) is 0 Å². The predicted molar refractivity (Wildman–Crippen MR) is 101 cm³/mol. The molecule has 0 fully saturated rings. The fourth-order valence-electron chi connectivity index (χ4n) is 3.15. The zero-order valence-electron chi connectivity index (χ0n) is 14.3. The number of nitrogens with zero attached hydrogens (tertiary/aromatic N) is 3. The number of hydrogen-bond donors (Lipinski definition) is 1. The second-order valence-corrected chi connectivity index (χ2v) is 7.04. The van der Waals surface area contributed by atoms with Gasteiger partial charge in [0, 0.05) is 28.8 Å². The molecule has 0 radical (unpaired) electrons. The molecule has 0 aliphatic carbocycles. The van der Waals surface area contributed by atoms with E-state index in [1.165, 1.54) is 4.57 Å². The highest BCUT2D eigenvalue weighted by molar-refractivity contribution is 6.35. The topological polar surface area (TPSA) is 96.9 Å². The van der Waals surface area contributed by atoms with E-state index >= 15 is 0 Å². The van der Waals surface area contributed by atoms with Gasteiger partial charge in [-0.1, -0.05) is 29.3 Å². The summed E-state index contributed by atoms with van der Waals surface area (Å²) in [6.45, 7) is 0.299. The first-order valence-corrected chi connectivity index (χ1v) is 9.15. The van der Waals surface area contributed by atoms with Gasteiger partial charge < -0.3 is 5.32 Å². The lowest BCUT2D eigenvalue weighted by molar-refractivity contribution is -0.121. The number of halogens is 2. The summed E-state index contributed by atoms with van der Waals surface area (Å²) in [7, 11) is 0. The van der Waals surface area contributed by atoms with Gasteiger partial charge in [-0.05, 0) is 37.0 Å². The number of rotatable bonds is 5. The Balaban J connectivity index is 1.71. The van der Waals surface area contributed by atoms with E-state index in [0.29, 0.717) is 41.5 Å². The molecule has 3 rings (SSSR count). The predicted octanol–water partition coefficient (Wildman–Crippen LogP) is 1.49. The van der Waals surface area contributed by atoms with Gasteiger partial charge in [0.25, 0.3) is 5.56 Å². The second-order valence-electron chi connectivity index (χ2n) is 6.20. The maximum absolute atomic E-state index is 12.5. The second kappa shape index (κ2) is 7.99. The van der Waals surface area contributed by atoms with Gasteiger partial charge >= 0.3 is 5.69 Å². The number of nitriles is 1. The van der Waals surface area contributed by atoms with Crippen molar-refractivity contribution in [1.29, 1.82) is 5.26 Å². The standard InChI is InChI=1S/C18H16Cl2N4O3/c19-12-4-3-11(14(20)8-12)5-6-22-16(25)10-24-17(26)13(9-21)15-2-1-7-23(15)18(24)27/h3-4,8H,1-2,5-7,10H2,(H,22,25). The molecule has 9 heteroatoms. The van der Waals surface area contributed by atoms with Crippen molar-refractivity contribution in [3.63, 3.8) is 0 Å². The average molecular weight is 407 g/mol. The number of fused-ring (bicyclic) bond motifs is 1. The van der Waals surface area contributed by atoms with Crippen LogP contribution >= 0.6 is 23.2 Å². The number of aromatic nitrogens is 2. The normalized spacial score (nSPS) is 12.5. The van der Waals surface area contributed by atoms with Gasteiger partial charge in [-0.2, -0.15) is 5.26 Å². The van der Waals surface area contributed by atoms with Crippen molar-refractivity contribution in [2.45, 2.75) is 32.4 Å². The van der Waals surface area contributed by atoms with Gasteiger partial charge in [-0.3, -0.25) is 14.2 Å². The van der Waals surface area contributed by atoms with Gasteiger partial charge in [-0.15, -0.1) is 0 Å². The van der Waals surface area contributed by atoms with E-state index in [9.17, 15) is 19.6 Å². The van der Waals surface area contributed by atoms with Gasteiger partial charge in [0.1, 0.15) is 18.2 Å². The molecule has 7 nitrogen and oxygen atoms in total. The molecule has 0 atom stereocenters. The van der Waals surface area contributed by atoms with E-state index in [1.807, 2.05) is 6.07 Å². The molecule has 1 N–H and O–H groups in total. The first-order chi connectivity index (χ1) is 12.9. The number of amides is 1. The zero-order valence-corrected chi connectivity index (χ0v) is 15.8. The first-order valence-electron chi connectivity index (χ1n) is 8.39. The number of benzene rings is 1. The lowest BCUT2D eigenvalue weighted by Gasteiger charge is -2.11. The van der Waals surface area contributed by atoms with E-state index in [1.54, 1.807) is 18.2 Å². The molecule has 1 amide bonds. The minimum Gasteiger partial charge on any atom is -0.354 e. The molecule has 1 aliphatic heterocycles. The molecule has 0 saturated heterocycles. The van der Waals surface area contributed by atoms with E-state index in [0.717, 1.165) is 10.1 Å². The van der Waals surface area contributed by atoms with Crippen LogP contribution in [0.5, 0.6) is 0 Å². The summed E-state index contributed by atoms with van der Waals surface area (Å²) in [5, 5.41) is 12.9. The lowest BCUT2D eigenvalue weighted by atomic mass is 10.1. The number of nitrogens with one attached hydrogen (secondary N) is 1. The van der Waals surface area contributed by atoms with Crippen molar-refractivity contribution in [2.75, 3.05) is 6.54 Å². The fourth-order valence-corrected chi connectivity index (χ4v) is 3.65. The smallest absolute Gasteiger partial charge is 0.331 e. The van der Waals surface area contributed by atoms with E-state index in [4.69, 9.17) is 23.2 Å². The maximum atomic E-state index is 12.5. The minimum atomic E-state index is -0.716. The summed E-state index contributed by atoms with van der Waals surface area (Å²) in [6, 6.07) is 6.96. The van der Waals surface area contributed by atoms with Crippen molar-refractivity contribution < 1.29 is 4.79 Å². The summed E-state index contributed by atoms with van der Waals surface area (Å²) in [4.78, 5) is 37.1. The van der Waals surface area contributed by atoms with Crippen molar-refractivity contribution in [3.05, 3.63) is 65.9 Å². The van der Waals surface area contributed by atoms with E-state index in [2.05, 4.69) is 5.32 Å². The molecular weight excluding hydrogens is 391 g/mol. The zero-order chi connectivity index (χ0) is 19.6. The Labute approximate surface area is 164 Å². The Morgan fingerprint density at radius 3 is 2.78 bits per heavy atom. The molecule has 0 spiro atoms. The summed E-state index contributed by atoms with van der Waals surface area (Å²) < 4.78 is 2.22. The van der Waals surface area contributed by atoms with Crippen LogP contribution in [-0.4, -0.2) is 21.6 Å². The molecule has 0 bridgehead atoms. The first kappa shape index (κ1) is 19.2. The van der Waals surface area contributed by atoms with Crippen LogP contribution in [0.25, 0.3) is 0 Å². The number of hydrogen-bond acceptors (Lipinski definition) is 4. The van der Waals surface area contributed by atoms with Crippen molar-refractivity contribution >= 4 is 29.1 Å². The third-order valence-corrected chi connectivity index (χ3v) is 5.06. The van der Waals surface area contributed by atoms with E-state index in [-0.39, 0.29) is 12.1 Å². The van der Waals surface area contributed by atoms with Crippen molar-refractivity contribution in [2.24, 2.45) is 0 Å². The van der Waals surface area contributed by atoms with Gasteiger partial charge in [-0.25, -0.2) is 9.36 Å². The largest absolute Gasteiger partial charge is 0.354 e. The molecule has 27 heavy (non-hydrogen) atoms. The Kier molecular flexibility index (Phi) is 5.68. The van der Waals surface area contributed by atoms with Gasteiger partial charge in [0.15, 0.2) is 0 Å². The van der Waals surface area contributed by atoms with Crippen LogP contribution in [0.2, 0.25) is 10.0 Å². The molecule has 1 aliphatic rings. The maximum Gasteiger partial charge on any atom is 0.331 e. The molecular formula is C18H16Cl2N4O3. The molecule has 2 heterocycles. The van der Waals surface area contributed by atoms with Crippen LogP contribution in [0.1, 0.15) is 23.2 Å². The summed E-state index contributed by atoms with van der Waals surface area (Å²) >= 11 is 11.9. The highest BCUT2D eigenvalue weighted by atomic mass is 35.5. The lowest BCUT2D eigenvalue weighted by Crippen LogP contribution is -2.45.